The first kappa shape index (κ1) is 21.3. The minimum atomic E-state index is -0.620. The number of nitrogens with one attached hydrogen (secondary N) is 2. The Morgan fingerprint density at radius 2 is 1.90 bits per heavy atom. The number of halogens is 1. The van der Waals surface area contributed by atoms with E-state index in [4.69, 9.17) is 0 Å². The number of piperidine rings is 1. The van der Waals surface area contributed by atoms with Crippen LogP contribution in [0.4, 0.5) is 0 Å². The Bertz CT molecular complexity index is 816. The zero-order valence-electron chi connectivity index (χ0n) is 16.5. The first-order valence-corrected chi connectivity index (χ1v) is 10.0. The molecule has 2 aromatic rings. The molecule has 0 bridgehead atoms. The van der Waals surface area contributed by atoms with Gasteiger partial charge in [-0.15, -0.1) is 12.4 Å². The van der Waals surface area contributed by atoms with Gasteiger partial charge in [0.2, 0.25) is 11.8 Å². The zero-order valence-corrected chi connectivity index (χ0v) is 17.3. The number of nitrogens with zero attached hydrogens (tertiary/aromatic N) is 3. The van der Waals surface area contributed by atoms with Crippen LogP contribution in [0.5, 0.6) is 0 Å². The number of benzene rings is 1. The summed E-state index contributed by atoms with van der Waals surface area (Å²) in [5, 5.41) is 10.8. The van der Waals surface area contributed by atoms with Crippen LogP contribution in [0.1, 0.15) is 36.8 Å². The molecular weight excluding hydrogens is 390 g/mol. The summed E-state index contributed by atoms with van der Waals surface area (Å²) in [5.41, 5.74) is 1.55. The van der Waals surface area contributed by atoms with Crippen molar-refractivity contribution in [2.75, 3.05) is 19.6 Å². The molecule has 2 saturated heterocycles. The molecule has 2 aliphatic rings. The summed E-state index contributed by atoms with van der Waals surface area (Å²) in [6.45, 7) is 3.61. The van der Waals surface area contributed by atoms with Gasteiger partial charge in [-0.2, -0.15) is 5.10 Å². The molecule has 1 aromatic heterocycles. The van der Waals surface area contributed by atoms with E-state index in [0.29, 0.717) is 19.5 Å². The van der Waals surface area contributed by atoms with Crippen molar-refractivity contribution in [1.29, 1.82) is 0 Å². The van der Waals surface area contributed by atoms with Crippen molar-refractivity contribution in [2.24, 2.45) is 0 Å². The maximum atomic E-state index is 13.1. The van der Waals surface area contributed by atoms with Gasteiger partial charge in [0.1, 0.15) is 5.54 Å². The molecule has 2 N–H and O–H groups in total. The van der Waals surface area contributed by atoms with Crippen molar-refractivity contribution in [1.82, 2.24) is 25.3 Å². The van der Waals surface area contributed by atoms with E-state index in [1.165, 1.54) is 0 Å². The largest absolute Gasteiger partial charge is 0.350 e. The molecule has 2 amide bonds. The lowest BCUT2D eigenvalue weighted by Gasteiger charge is -2.36. The molecule has 1 aromatic carbocycles. The highest BCUT2D eigenvalue weighted by molar-refractivity contribution is 5.85. The van der Waals surface area contributed by atoms with Crippen LogP contribution in [0.2, 0.25) is 0 Å². The second-order valence-electron chi connectivity index (χ2n) is 7.65. The molecule has 0 spiro atoms. The maximum Gasteiger partial charge on any atom is 0.248 e. The number of rotatable bonds is 6. The predicted octanol–water partition coefficient (Wildman–Crippen LogP) is 1.82. The Labute approximate surface area is 177 Å². The number of carbonyl (C=O) groups excluding carboxylic acids is 2. The third-order valence-electron chi connectivity index (χ3n) is 5.82. The highest BCUT2D eigenvalue weighted by Gasteiger charge is 2.41. The van der Waals surface area contributed by atoms with Crippen LogP contribution in [0, 0.1) is 0 Å². The van der Waals surface area contributed by atoms with Crippen molar-refractivity contribution in [3.8, 4) is 0 Å². The first-order valence-electron chi connectivity index (χ1n) is 10.0. The summed E-state index contributed by atoms with van der Waals surface area (Å²) in [4.78, 5) is 26.8. The average molecular weight is 418 g/mol. The van der Waals surface area contributed by atoms with Gasteiger partial charge in [-0.25, -0.2) is 0 Å². The van der Waals surface area contributed by atoms with Crippen molar-refractivity contribution in [2.45, 2.75) is 44.3 Å². The topological polar surface area (TPSA) is 79.3 Å². The van der Waals surface area contributed by atoms with E-state index < -0.39 is 5.54 Å². The summed E-state index contributed by atoms with van der Waals surface area (Å²) in [6, 6.07) is 10.0. The molecule has 0 radical (unpaired) electrons. The van der Waals surface area contributed by atoms with Crippen LogP contribution in [0.3, 0.4) is 0 Å². The second kappa shape index (κ2) is 9.41. The van der Waals surface area contributed by atoms with Gasteiger partial charge in [0.05, 0.1) is 0 Å². The van der Waals surface area contributed by atoms with Crippen LogP contribution in [0.15, 0.2) is 42.7 Å². The minimum absolute atomic E-state index is 0. The standard InChI is InChI=1S/C21H27N5O2.ClH/c27-19-3-1-13-25(19)16-18-6-4-17(5-7-18)15-23-20(28)21(8-11-22-12-9-21)26-14-2-10-24-26;/h2,4-7,10,14,22H,1,3,8-9,11-13,15-16H2,(H,23,28);1H. The lowest BCUT2D eigenvalue weighted by molar-refractivity contribution is -0.132. The molecule has 2 aliphatic heterocycles. The lowest BCUT2D eigenvalue weighted by Crippen LogP contribution is -2.54. The molecule has 0 unspecified atom stereocenters. The first-order chi connectivity index (χ1) is 13.7. The SMILES string of the molecule is Cl.O=C1CCCN1Cc1ccc(CNC(=O)C2(n3cccn3)CCNCC2)cc1. The molecule has 8 heteroatoms. The second-order valence-corrected chi connectivity index (χ2v) is 7.65. The quantitative estimate of drug-likeness (QED) is 0.751. The van der Waals surface area contributed by atoms with Gasteiger partial charge < -0.3 is 15.5 Å². The normalized spacial score (nSPS) is 18.3. The molecule has 0 saturated carbocycles. The van der Waals surface area contributed by atoms with Crippen LogP contribution >= 0.6 is 12.4 Å². The van der Waals surface area contributed by atoms with Gasteiger partial charge in [0.15, 0.2) is 0 Å². The molecule has 156 valence electrons. The van der Waals surface area contributed by atoms with Crippen LogP contribution < -0.4 is 10.6 Å². The van der Waals surface area contributed by atoms with Gasteiger partial charge in [0, 0.05) is 38.4 Å². The number of hydrogen-bond donors (Lipinski definition) is 2. The van der Waals surface area contributed by atoms with Gasteiger partial charge in [-0.3, -0.25) is 14.3 Å². The van der Waals surface area contributed by atoms with Crippen molar-refractivity contribution >= 4 is 24.2 Å². The molecule has 0 aliphatic carbocycles. The van der Waals surface area contributed by atoms with Crippen LogP contribution in [-0.2, 0) is 28.2 Å². The predicted molar refractivity (Wildman–Crippen MR) is 112 cm³/mol. The van der Waals surface area contributed by atoms with Gasteiger partial charge in [0.25, 0.3) is 0 Å². The molecule has 7 nitrogen and oxygen atoms in total. The number of aromatic nitrogens is 2. The third kappa shape index (κ3) is 4.62. The Hall–Kier alpha value is -2.38. The van der Waals surface area contributed by atoms with Gasteiger partial charge >= 0.3 is 0 Å². The Balaban J connectivity index is 0.00000240. The van der Waals surface area contributed by atoms with E-state index in [0.717, 1.165) is 50.0 Å². The summed E-state index contributed by atoms with van der Waals surface area (Å²) in [6.07, 6.45) is 6.67. The monoisotopic (exact) mass is 417 g/mol. The number of amides is 2. The van der Waals surface area contributed by atoms with Crippen LogP contribution in [0.25, 0.3) is 0 Å². The maximum absolute atomic E-state index is 13.1. The number of carbonyl (C=O) groups is 2. The minimum Gasteiger partial charge on any atom is -0.350 e. The van der Waals surface area contributed by atoms with E-state index in [1.54, 1.807) is 10.9 Å². The van der Waals surface area contributed by atoms with E-state index in [-0.39, 0.29) is 24.2 Å². The molecule has 3 heterocycles. The summed E-state index contributed by atoms with van der Waals surface area (Å²) in [7, 11) is 0. The Morgan fingerprint density at radius 1 is 1.17 bits per heavy atom. The summed E-state index contributed by atoms with van der Waals surface area (Å²) in [5.74, 6) is 0.256. The molecule has 29 heavy (non-hydrogen) atoms. The third-order valence-corrected chi connectivity index (χ3v) is 5.82. The Morgan fingerprint density at radius 3 is 2.52 bits per heavy atom. The summed E-state index contributed by atoms with van der Waals surface area (Å²) < 4.78 is 1.80. The van der Waals surface area contributed by atoms with E-state index in [2.05, 4.69) is 15.7 Å². The van der Waals surface area contributed by atoms with Crippen molar-refractivity contribution < 1.29 is 9.59 Å². The average Bonchev–Trinajstić information content (AvgIpc) is 3.40. The molecule has 4 rings (SSSR count). The van der Waals surface area contributed by atoms with E-state index in [1.807, 2.05) is 41.4 Å². The fraction of sp³-hybridized carbons (Fsp3) is 0.476. The lowest BCUT2D eigenvalue weighted by atomic mass is 9.87. The van der Waals surface area contributed by atoms with E-state index in [9.17, 15) is 9.59 Å². The van der Waals surface area contributed by atoms with Gasteiger partial charge in [-0.05, 0) is 49.5 Å². The van der Waals surface area contributed by atoms with Crippen molar-refractivity contribution in [3.63, 3.8) is 0 Å². The van der Waals surface area contributed by atoms with Crippen molar-refractivity contribution in [3.05, 3.63) is 53.9 Å². The zero-order chi connectivity index (χ0) is 19.4. The van der Waals surface area contributed by atoms with E-state index >= 15 is 0 Å². The smallest absolute Gasteiger partial charge is 0.248 e. The Kier molecular flexibility index (Phi) is 6.92. The van der Waals surface area contributed by atoms with Gasteiger partial charge in [-0.1, -0.05) is 24.3 Å². The highest BCUT2D eigenvalue weighted by atomic mass is 35.5. The number of likely N-dealkylation sites (tertiary alicyclic amines) is 1. The molecular formula is C21H28ClN5O2. The number of hydrogen-bond acceptors (Lipinski definition) is 4. The fourth-order valence-electron chi connectivity index (χ4n) is 4.12. The summed E-state index contributed by atoms with van der Waals surface area (Å²) >= 11 is 0. The highest BCUT2D eigenvalue weighted by Crippen LogP contribution is 2.27. The van der Waals surface area contributed by atoms with Crippen LogP contribution in [-0.4, -0.2) is 46.1 Å². The molecule has 2 fully saturated rings. The molecule has 0 atom stereocenters. The fourth-order valence-corrected chi connectivity index (χ4v) is 4.12.